The maximum absolute atomic E-state index is 2.18. The zero-order valence-electron chi connectivity index (χ0n) is 16.4. The Morgan fingerprint density at radius 1 is 0.308 bits per heavy atom. The first-order chi connectivity index (χ1) is 10.9. The van der Waals surface area contributed by atoms with E-state index in [-0.39, 0.29) is 206 Å². The van der Waals surface area contributed by atoms with E-state index in [0.29, 0.717) is 0 Å². The monoisotopic (exact) mass is 438 g/mol. The molecule has 2 aliphatic rings. The molecule has 0 spiro atoms. The van der Waals surface area contributed by atoms with Crippen LogP contribution in [0.15, 0.2) is 24.3 Å². The van der Waals surface area contributed by atoms with Gasteiger partial charge in [0.1, 0.15) is 0 Å². The first-order valence-corrected chi connectivity index (χ1v) is 7.48. The molecule has 0 unspecified atom stereocenters. The van der Waals surface area contributed by atoms with Crippen LogP contribution in [0.3, 0.4) is 0 Å². The van der Waals surface area contributed by atoms with Gasteiger partial charge < -0.3 is 0 Å². The third kappa shape index (κ3) is 12.9. The molecule has 0 aliphatic heterocycles. The average Bonchev–Trinajstić information content (AvgIpc) is 2.47. The van der Waals surface area contributed by atoms with E-state index < -0.39 is 0 Å². The largest absolute Gasteiger partial charge is 1.00 e. The summed E-state index contributed by atoms with van der Waals surface area (Å²) in [4.78, 5) is 0. The predicted octanol–water partition coefficient (Wildman–Crippen LogP) is -7.56. The Morgan fingerprint density at radius 3 is 0.808 bits per heavy atom. The quantitative estimate of drug-likeness (QED) is 0.403. The molecule has 2 aliphatic carbocycles. The summed E-state index contributed by atoms with van der Waals surface area (Å²) in [5.74, 6) is 2.44. The van der Waals surface area contributed by atoms with Crippen LogP contribution in [-0.4, -0.2) is 0 Å². The molecule has 0 saturated heterocycles. The van der Waals surface area contributed by atoms with E-state index in [1.54, 1.807) is 0 Å². The summed E-state index contributed by atoms with van der Waals surface area (Å²) in [6, 6.07) is 8.71. The van der Waals surface area contributed by atoms with E-state index in [0.717, 1.165) is 0 Å². The van der Waals surface area contributed by atoms with Gasteiger partial charge in [-0.05, 0) is 101 Å². The number of rotatable bonds is 2. The minimum Gasteiger partial charge on any atom is -0.0581 e. The summed E-state index contributed by atoms with van der Waals surface area (Å²) in [5, 5.41) is 0. The topological polar surface area (TPSA) is 0 Å². The van der Waals surface area contributed by atoms with Crippen LogP contribution in [0, 0.1) is 102 Å². The second kappa shape index (κ2) is 21.3. The fourth-order valence-electron chi connectivity index (χ4n) is 2.37. The Morgan fingerprint density at radius 2 is 0.538 bits per heavy atom. The Balaban J connectivity index is 0. The van der Waals surface area contributed by atoms with Gasteiger partial charge in [-0.15, -0.1) is 0 Å². The Hall–Kier alpha value is 5.77. The molecule has 0 bridgehead atoms. The maximum atomic E-state index is 2.18. The third-order valence-corrected chi connectivity index (χ3v) is 3.54. The molecule has 0 heterocycles. The second-order valence-electron chi connectivity index (χ2n) is 5.08. The summed E-state index contributed by atoms with van der Waals surface area (Å²) in [6.07, 6.45) is 29.1. The number of benzene rings is 1. The average molecular weight is 439 g/mol. The molecule has 0 N–H and O–H groups in total. The van der Waals surface area contributed by atoms with Gasteiger partial charge in [0.05, 0.1) is 0 Å². The molecule has 106 valence electrons. The van der Waals surface area contributed by atoms with Crippen molar-refractivity contribution >= 4 is 0 Å². The molecule has 0 atom stereocenters. The van der Waals surface area contributed by atoms with Crippen LogP contribution >= 0.6 is 0 Å². The Labute approximate surface area is 333 Å². The van der Waals surface area contributed by atoms with Gasteiger partial charge in [-0.1, -0.05) is 24.3 Å². The number of hydrogen-bond donors (Lipinski definition) is 0. The summed E-state index contributed by atoms with van der Waals surface area (Å²) in [5.41, 5.74) is 2.46. The molecular weight excluding hydrogens is 421 g/mol. The van der Waals surface area contributed by atoms with Crippen molar-refractivity contribution in [2.75, 3.05) is 0 Å². The molecule has 1 aromatic carbocycles. The molecule has 3 rings (SSSR count). The van der Waals surface area contributed by atoms with Crippen molar-refractivity contribution in [3.05, 3.63) is 137 Å². The van der Waals surface area contributed by atoms with E-state index >= 15 is 0 Å². The molecule has 2 saturated carbocycles. The first-order valence-electron chi connectivity index (χ1n) is 7.48. The van der Waals surface area contributed by atoms with Crippen molar-refractivity contribution in [2.45, 2.75) is 0 Å². The minimum absolute atomic E-state index is 0. The molecular formula is C22H18K4+4. The molecule has 4 heteroatoms. The summed E-state index contributed by atoms with van der Waals surface area (Å²) in [7, 11) is 0. The van der Waals surface area contributed by atoms with Crippen LogP contribution in [0.5, 0.6) is 0 Å². The van der Waals surface area contributed by atoms with Gasteiger partial charge in [0.25, 0.3) is 0 Å². The van der Waals surface area contributed by atoms with Gasteiger partial charge in [0.15, 0.2) is 0 Å². The number of hydrogen-bond acceptors (Lipinski definition) is 0. The Kier molecular flexibility index (Phi) is 27.8. The van der Waals surface area contributed by atoms with Crippen molar-refractivity contribution in [1.29, 1.82) is 0 Å². The molecule has 16 radical (unpaired) electrons. The van der Waals surface area contributed by atoms with Crippen molar-refractivity contribution in [1.82, 2.24) is 0 Å². The van der Waals surface area contributed by atoms with Crippen molar-refractivity contribution < 1.29 is 206 Å². The first kappa shape index (κ1) is 33.9. The van der Waals surface area contributed by atoms with E-state index in [9.17, 15) is 0 Å². The minimum atomic E-state index is 0. The predicted molar refractivity (Wildman–Crippen MR) is 91.3 cm³/mol. The second-order valence-corrected chi connectivity index (χ2v) is 5.08. The van der Waals surface area contributed by atoms with Gasteiger partial charge in [-0.25, -0.2) is 0 Å². The van der Waals surface area contributed by atoms with Gasteiger partial charge >= 0.3 is 206 Å². The fourth-order valence-corrected chi connectivity index (χ4v) is 2.37. The van der Waals surface area contributed by atoms with Gasteiger partial charge in [-0.2, -0.15) is 0 Å². The molecule has 0 nitrogen and oxygen atoms in total. The zero-order valence-corrected chi connectivity index (χ0v) is 28.9. The van der Waals surface area contributed by atoms with Gasteiger partial charge in [0, 0.05) is 11.8 Å². The molecule has 26 heavy (non-hydrogen) atoms. The molecule has 1 aromatic rings. The summed E-state index contributed by atoms with van der Waals surface area (Å²) < 4.78 is 0. The van der Waals surface area contributed by atoms with Gasteiger partial charge in [0.2, 0.25) is 0 Å². The summed E-state index contributed by atoms with van der Waals surface area (Å²) >= 11 is 0. The molecule has 2 fully saturated rings. The normalized spacial score (nSPS) is 19.7. The third-order valence-electron chi connectivity index (χ3n) is 3.54. The van der Waals surface area contributed by atoms with Crippen molar-refractivity contribution in [3.8, 4) is 0 Å². The standard InChI is InChI=1S/C22H18.4K/c1-3-7-11-19(12-8-4-1)21-15-17-22(18-16-21)20-13-9-5-2-6-10-14-20;;;;/h1-18H;;;;/q;4*+1. The molecule has 0 aromatic heterocycles. The van der Waals surface area contributed by atoms with Crippen LogP contribution < -0.4 is 206 Å². The SMILES string of the molecule is [CH]1[CH][CH][CH][C](c2ccc([C]3[CH][CH][CH][CH][CH][CH][CH]3)cc2)[CH][CH][CH]1.[K+].[K+].[K+].[K+]. The van der Waals surface area contributed by atoms with Crippen molar-refractivity contribution in [3.63, 3.8) is 0 Å². The van der Waals surface area contributed by atoms with Crippen LogP contribution in [0.2, 0.25) is 0 Å². The van der Waals surface area contributed by atoms with Crippen LogP contribution in [0.25, 0.3) is 0 Å². The van der Waals surface area contributed by atoms with Crippen LogP contribution in [-0.2, 0) is 0 Å². The smallest absolute Gasteiger partial charge is 0.0581 e. The maximum Gasteiger partial charge on any atom is 1.00 e. The van der Waals surface area contributed by atoms with E-state index in [2.05, 4.69) is 75.6 Å². The van der Waals surface area contributed by atoms with Gasteiger partial charge in [-0.3, -0.25) is 0 Å². The zero-order chi connectivity index (χ0) is 15.0. The van der Waals surface area contributed by atoms with Crippen molar-refractivity contribution in [2.24, 2.45) is 0 Å². The Bertz CT molecular complexity index is 375. The molecule has 0 amide bonds. The summed E-state index contributed by atoms with van der Waals surface area (Å²) in [6.45, 7) is 0. The van der Waals surface area contributed by atoms with E-state index in [4.69, 9.17) is 0 Å². The fraction of sp³-hybridized carbons (Fsp3) is 0. The van der Waals surface area contributed by atoms with E-state index in [1.165, 1.54) is 23.0 Å². The van der Waals surface area contributed by atoms with E-state index in [1.807, 2.05) is 38.5 Å². The van der Waals surface area contributed by atoms with Crippen LogP contribution in [0.1, 0.15) is 11.1 Å². The van der Waals surface area contributed by atoms with Crippen LogP contribution in [0.4, 0.5) is 0 Å².